The van der Waals surface area contributed by atoms with Crippen LogP contribution in [0.15, 0.2) is 6.20 Å². The first-order valence-corrected chi connectivity index (χ1v) is 9.23. The fraction of sp³-hybridized carbons (Fsp3) is 0.615. The molecule has 9 nitrogen and oxygen atoms in total. The molecular weight excluding hydrogens is 322 g/mol. The number of aromatic nitrogens is 2. The summed E-state index contributed by atoms with van der Waals surface area (Å²) in [7, 11) is -3.40. The maximum atomic E-state index is 12.7. The van der Waals surface area contributed by atoms with E-state index < -0.39 is 22.0 Å². The molecule has 1 aromatic heterocycles. The molecule has 10 heteroatoms. The van der Waals surface area contributed by atoms with Gasteiger partial charge in [0.05, 0.1) is 19.0 Å². The summed E-state index contributed by atoms with van der Waals surface area (Å²) in [5.74, 6) is -0.173. The molecule has 1 saturated heterocycles. The summed E-state index contributed by atoms with van der Waals surface area (Å²) in [4.78, 5) is 29.8. The first kappa shape index (κ1) is 15.9. The van der Waals surface area contributed by atoms with Crippen LogP contribution in [0, 0.1) is 0 Å². The van der Waals surface area contributed by atoms with E-state index in [1.54, 1.807) is 9.47 Å². The van der Waals surface area contributed by atoms with E-state index in [-0.39, 0.29) is 12.5 Å². The van der Waals surface area contributed by atoms with Gasteiger partial charge in [0, 0.05) is 19.6 Å². The van der Waals surface area contributed by atoms with Crippen LogP contribution in [-0.4, -0.2) is 64.4 Å². The molecule has 126 valence electrons. The molecule has 1 aromatic rings. The summed E-state index contributed by atoms with van der Waals surface area (Å²) < 4.78 is 26.6. The second kappa shape index (κ2) is 5.60. The van der Waals surface area contributed by atoms with Gasteiger partial charge >= 0.3 is 0 Å². The Morgan fingerprint density at radius 1 is 1.30 bits per heavy atom. The maximum absolute atomic E-state index is 12.7. The van der Waals surface area contributed by atoms with Crippen molar-refractivity contribution in [1.82, 2.24) is 18.8 Å². The minimum Gasteiger partial charge on any atom is -0.364 e. The first-order chi connectivity index (χ1) is 10.8. The Bertz CT molecular complexity index is 756. The molecule has 0 saturated carbocycles. The van der Waals surface area contributed by atoms with Gasteiger partial charge in [0.2, 0.25) is 15.9 Å². The third-order valence-corrected chi connectivity index (χ3v) is 5.63. The normalized spacial score (nSPS) is 22.1. The molecule has 0 spiro atoms. The zero-order chi connectivity index (χ0) is 16.8. The van der Waals surface area contributed by atoms with E-state index in [9.17, 15) is 18.0 Å². The number of primary amides is 1. The summed E-state index contributed by atoms with van der Waals surface area (Å²) in [5.41, 5.74) is 5.61. The lowest BCUT2D eigenvalue weighted by Crippen LogP contribution is -2.49. The maximum Gasteiger partial charge on any atom is 0.266 e. The van der Waals surface area contributed by atoms with Gasteiger partial charge in [-0.25, -0.2) is 13.4 Å². The summed E-state index contributed by atoms with van der Waals surface area (Å²) >= 11 is 0. The van der Waals surface area contributed by atoms with Gasteiger partial charge in [0.15, 0.2) is 0 Å². The molecular formula is C13H19N5O4S. The van der Waals surface area contributed by atoms with Gasteiger partial charge < -0.3 is 15.2 Å². The van der Waals surface area contributed by atoms with Crippen LogP contribution >= 0.6 is 0 Å². The number of rotatable bonds is 3. The van der Waals surface area contributed by atoms with E-state index in [1.807, 2.05) is 0 Å². The van der Waals surface area contributed by atoms with E-state index in [0.717, 1.165) is 6.26 Å². The number of fused-ring (bicyclic) bond motifs is 1. The van der Waals surface area contributed by atoms with Gasteiger partial charge in [-0.1, -0.05) is 0 Å². The van der Waals surface area contributed by atoms with Crippen molar-refractivity contribution >= 4 is 21.8 Å². The average Bonchev–Trinajstić information content (AvgIpc) is 3.11. The van der Waals surface area contributed by atoms with Crippen molar-refractivity contribution in [2.75, 3.05) is 19.3 Å². The predicted octanol–water partition coefficient (Wildman–Crippen LogP) is -1.25. The van der Waals surface area contributed by atoms with E-state index in [1.165, 1.54) is 10.5 Å². The Kier molecular flexibility index (Phi) is 3.88. The third-order valence-electron chi connectivity index (χ3n) is 4.34. The van der Waals surface area contributed by atoms with E-state index in [2.05, 4.69) is 4.98 Å². The summed E-state index contributed by atoms with van der Waals surface area (Å²) in [5, 5.41) is 0. The van der Waals surface area contributed by atoms with Crippen LogP contribution < -0.4 is 5.73 Å². The van der Waals surface area contributed by atoms with Crippen molar-refractivity contribution in [3.05, 3.63) is 17.7 Å². The topological polar surface area (TPSA) is 119 Å². The molecule has 0 radical (unpaired) electrons. The Morgan fingerprint density at radius 2 is 2.04 bits per heavy atom. The minimum absolute atomic E-state index is 0.206. The van der Waals surface area contributed by atoms with Gasteiger partial charge in [-0.3, -0.25) is 9.59 Å². The van der Waals surface area contributed by atoms with Gasteiger partial charge in [0.25, 0.3) is 5.91 Å². The van der Waals surface area contributed by atoms with E-state index in [4.69, 9.17) is 5.73 Å². The molecule has 2 amide bonds. The number of amides is 2. The molecule has 0 bridgehead atoms. The number of carbonyl (C=O) groups is 2. The SMILES string of the molecule is CS(=O)(=O)N1CCCC1C(=O)N1CCn2c(C(N)=O)cnc2C1. The first-order valence-electron chi connectivity index (χ1n) is 7.39. The van der Waals surface area contributed by atoms with Gasteiger partial charge in [-0.05, 0) is 12.8 Å². The molecule has 2 N–H and O–H groups in total. The lowest BCUT2D eigenvalue weighted by molar-refractivity contribution is -0.136. The average molecular weight is 341 g/mol. The smallest absolute Gasteiger partial charge is 0.266 e. The van der Waals surface area contributed by atoms with Gasteiger partial charge in [-0.2, -0.15) is 4.31 Å². The lowest BCUT2D eigenvalue weighted by Gasteiger charge is -2.32. The van der Waals surface area contributed by atoms with Crippen LogP contribution in [0.4, 0.5) is 0 Å². The molecule has 2 aliphatic rings. The highest BCUT2D eigenvalue weighted by molar-refractivity contribution is 7.88. The number of sulfonamides is 1. The van der Waals surface area contributed by atoms with Crippen molar-refractivity contribution in [3.8, 4) is 0 Å². The number of hydrogen-bond donors (Lipinski definition) is 1. The quantitative estimate of drug-likeness (QED) is 0.737. The summed E-state index contributed by atoms with van der Waals surface area (Å²) in [6.07, 6.45) is 3.74. The highest BCUT2D eigenvalue weighted by atomic mass is 32.2. The highest BCUT2D eigenvalue weighted by Gasteiger charge is 2.39. The Morgan fingerprint density at radius 3 is 2.70 bits per heavy atom. The van der Waals surface area contributed by atoms with Crippen LogP contribution in [0.2, 0.25) is 0 Å². The molecule has 1 fully saturated rings. The second-order valence-corrected chi connectivity index (χ2v) is 7.80. The van der Waals surface area contributed by atoms with Crippen molar-refractivity contribution < 1.29 is 18.0 Å². The molecule has 0 aromatic carbocycles. The molecule has 23 heavy (non-hydrogen) atoms. The van der Waals surface area contributed by atoms with Crippen LogP contribution in [0.1, 0.15) is 29.2 Å². The van der Waals surface area contributed by atoms with Crippen LogP contribution in [0.25, 0.3) is 0 Å². The van der Waals surface area contributed by atoms with Crippen LogP contribution in [0.3, 0.4) is 0 Å². The number of nitrogens with two attached hydrogens (primary N) is 1. The minimum atomic E-state index is -3.40. The summed E-state index contributed by atoms with van der Waals surface area (Å²) in [6, 6.07) is -0.637. The fourth-order valence-corrected chi connectivity index (χ4v) is 4.36. The van der Waals surface area contributed by atoms with E-state index in [0.29, 0.717) is 44.0 Å². The van der Waals surface area contributed by atoms with Crippen molar-refractivity contribution in [2.45, 2.75) is 32.0 Å². The van der Waals surface area contributed by atoms with Gasteiger partial charge in [0.1, 0.15) is 17.6 Å². The Hall–Kier alpha value is -1.94. The molecule has 1 atom stereocenters. The lowest BCUT2D eigenvalue weighted by atomic mass is 10.2. The Balaban J connectivity index is 1.78. The largest absolute Gasteiger partial charge is 0.364 e. The standard InChI is InChI=1S/C13H19N5O4S/c1-23(21,22)18-4-2-3-9(18)13(20)16-5-6-17-10(12(14)19)7-15-11(17)8-16/h7,9H,2-6,8H2,1H3,(H2,14,19). The van der Waals surface area contributed by atoms with Crippen molar-refractivity contribution in [2.24, 2.45) is 5.73 Å². The monoisotopic (exact) mass is 341 g/mol. The van der Waals surface area contributed by atoms with Gasteiger partial charge in [-0.15, -0.1) is 0 Å². The number of hydrogen-bond acceptors (Lipinski definition) is 5. The summed E-state index contributed by atoms with van der Waals surface area (Å²) in [6.45, 7) is 1.45. The van der Waals surface area contributed by atoms with E-state index >= 15 is 0 Å². The zero-order valence-corrected chi connectivity index (χ0v) is 13.6. The number of imidazole rings is 1. The van der Waals surface area contributed by atoms with Crippen molar-refractivity contribution in [3.63, 3.8) is 0 Å². The highest BCUT2D eigenvalue weighted by Crippen LogP contribution is 2.24. The van der Waals surface area contributed by atoms with Crippen LogP contribution in [0.5, 0.6) is 0 Å². The Labute approximate surface area is 134 Å². The third kappa shape index (κ3) is 2.83. The molecule has 1 unspecified atom stereocenters. The molecule has 2 aliphatic heterocycles. The molecule has 3 rings (SSSR count). The fourth-order valence-electron chi connectivity index (χ4n) is 3.24. The molecule has 0 aliphatic carbocycles. The number of nitrogens with zero attached hydrogens (tertiary/aromatic N) is 4. The van der Waals surface area contributed by atoms with Crippen molar-refractivity contribution in [1.29, 1.82) is 0 Å². The molecule has 3 heterocycles. The predicted molar refractivity (Wildman–Crippen MR) is 80.7 cm³/mol. The number of carbonyl (C=O) groups excluding carboxylic acids is 2. The second-order valence-electron chi connectivity index (χ2n) is 5.87. The van der Waals surface area contributed by atoms with Crippen LogP contribution in [-0.2, 0) is 27.9 Å². The zero-order valence-electron chi connectivity index (χ0n) is 12.8.